The molecule has 0 radical (unpaired) electrons. The monoisotopic (exact) mass is 318 g/mol. The van der Waals surface area contributed by atoms with Crippen molar-refractivity contribution < 1.29 is 9.59 Å². The molecule has 1 aromatic rings. The molecule has 0 saturated heterocycles. The van der Waals surface area contributed by atoms with Gasteiger partial charge in [0.1, 0.15) is 6.04 Å². The maximum absolute atomic E-state index is 12.5. The summed E-state index contributed by atoms with van der Waals surface area (Å²) >= 11 is 0. The van der Waals surface area contributed by atoms with Crippen LogP contribution in [0.5, 0.6) is 0 Å². The minimum Gasteiger partial charge on any atom is -0.354 e. The summed E-state index contributed by atoms with van der Waals surface area (Å²) in [5, 5.41) is 2.93. The summed E-state index contributed by atoms with van der Waals surface area (Å²) in [7, 11) is 0. The highest BCUT2D eigenvalue weighted by atomic mass is 16.2. The third kappa shape index (κ3) is 6.43. The summed E-state index contributed by atoms with van der Waals surface area (Å²) in [5.41, 5.74) is 2.22. The van der Waals surface area contributed by atoms with Crippen LogP contribution in [-0.4, -0.2) is 29.3 Å². The first-order chi connectivity index (χ1) is 11.0. The van der Waals surface area contributed by atoms with Crippen molar-refractivity contribution >= 4 is 11.8 Å². The first-order valence-corrected chi connectivity index (χ1v) is 8.62. The fourth-order valence-corrected chi connectivity index (χ4v) is 2.48. The van der Waals surface area contributed by atoms with Gasteiger partial charge in [0, 0.05) is 19.5 Å². The Hall–Kier alpha value is -1.84. The Morgan fingerprint density at radius 2 is 1.96 bits per heavy atom. The highest BCUT2D eigenvalue weighted by Crippen LogP contribution is 2.13. The summed E-state index contributed by atoms with van der Waals surface area (Å²) in [6.07, 6.45) is 3.25. The van der Waals surface area contributed by atoms with E-state index in [9.17, 15) is 9.59 Å². The van der Waals surface area contributed by atoms with Gasteiger partial charge in [0.2, 0.25) is 11.8 Å². The van der Waals surface area contributed by atoms with Crippen LogP contribution >= 0.6 is 0 Å². The van der Waals surface area contributed by atoms with Gasteiger partial charge in [-0.2, -0.15) is 0 Å². The highest BCUT2D eigenvalue weighted by molar-refractivity contribution is 5.87. The van der Waals surface area contributed by atoms with Gasteiger partial charge in [0.25, 0.3) is 0 Å². The second-order valence-electron chi connectivity index (χ2n) is 6.08. The Kier molecular flexibility index (Phi) is 8.38. The molecule has 4 nitrogen and oxygen atoms in total. The van der Waals surface area contributed by atoms with E-state index < -0.39 is 6.04 Å². The Morgan fingerprint density at radius 3 is 2.57 bits per heavy atom. The van der Waals surface area contributed by atoms with E-state index >= 15 is 0 Å². The minimum absolute atomic E-state index is 0.0344. The zero-order valence-electron chi connectivity index (χ0n) is 14.9. The average molecular weight is 318 g/mol. The molecule has 0 unspecified atom stereocenters. The number of aryl methyl sites for hydroxylation is 1. The number of benzene rings is 1. The van der Waals surface area contributed by atoms with Crippen LogP contribution < -0.4 is 5.32 Å². The van der Waals surface area contributed by atoms with E-state index in [0.29, 0.717) is 19.5 Å². The number of nitrogens with one attached hydrogen (secondary N) is 1. The molecule has 0 fully saturated rings. The molecule has 0 aromatic heterocycles. The van der Waals surface area contributed by atoms with Crippen LogP contribution in [-0.2, 0) is 16.1 Å². The predicted octanol–water partition coefficient (Wildman–Crippen LogP) is 3.43. The molecular formula is C19H30N2O2. The molecule has 23 heavy (non-hydrogen) atoms. The van der Waals surface area contributed by atoms with Gasteiger partial charge in [-0.3, -0.25) is 9.59 Å². The van der Waals surface area contributed by atoms with Crippen molar-refractivity contribution in [1.29, 1.82) is 0 Å². The number of hydrogen-bond donors (Lipinski definition) is 1. The van der Waals surface area contributed by atoms with Crippen LogP contribution in [0.4, 0.5) is 0 Å². The molecule has 1 aromatic carbocycles. The molecule has 0 bridgehead atoms. The number of unbranched alkanes of at least 4 members (excludes halogenated alkanes) is 1. The highest BCUT2D eigenvalue weighted by Gasteiger charge is 2.25. The van der Waals surface area contributed by atoms with E-state index in [1.54, 1.807) is 4.90 Å². The van der Waals surface area contributed by atoms with Crippen molar-refractivity contribution in [2.75, 3.05) is 6.54 Å². The second-order valence-corrected chi connectivity index (χ2v) is 6.08. The van der Waals surface area contributed by atoms with E-state index in [-0.39, 0.29) is 11.8 Å². The van der Waals surface area contributed by atoms with Gasteiger partial charge in [-0.15, -0.1) is 0 Å². The first kappa shape index (κ1) is 19.2. The van der Waals surface area contributed by atoms with Crippen LogP contribution in [0.2, 0.25) is 0 Å². The van der Waals surface area contributed by atoms with Gasteiger partial charge in [-0.05, 0) is 32.3 Å². The predicted molar refractivity (Wildman–Crippen MR) is 94.0 cm³/mol. The SMILES string of the molecule is CCCCNC(=O)[C@@H](C)N(Cc1cccc(C)c1)C(=O)CCC. The molecule has 1 N–H and O–H groups in total. The summed E-state index contributed by atoms with van der Waals surface area (Å²) in [5.74, 6) is -0.0392. The normalized spacial score (nSPS) is 11.8. The van der Waals surface area contributed by atoms with Crippen LogP contribution in [0.15, 0.2) is 24.3 Å². The number of carbonyl (C=O) groups excluding carboxylic acids is 2. The van der Waals surface area contributed by atoms with Crippen LogP contribution in [0.3, 0.4) is 0 Å². The molecule has 4 heteroatoms. The number of rotatable bonds is 9. The molecule has 128 valence electrons. The zero-order valence-corrected chi connectivity index (χ0v) is 14.9. The van der Waals surface area contributed by atoms with Crippen LogP contribution in [0.1, 0.15) is 57.6 Å². The summed E-state index contributed by atoms with van der Waals surface area (Å²) in [6.45, 7) is 9.05. The van der Waals surface area contributed by atoms with Crippen LogP contribution in [0, 0.1) is 6.92 Å². The number of carbonyl (C=O) groups is 2. The van der Waals surface area contributed by atoms with E-state index in [1.165, 1.54) is 0 Å². The van der Waals surface area contributed by atoms with E-state index in [4.69, 9.17) is 0 Å². The molecule has 0 spiro atoms. The maximum Gasteiger partial charge on any atom is 0.242 e. The summed E-state index contributed by atoms with van der Waals surface area (Å²) in [4.78, 5) is 26.5. The largest absolute Gasteiger partial charge is 0.354 e. The lowest BCUT2D eigenvalue weighted by Gasteiger charge is -2.29. The Bertz CT molecular complexity index is 514. The van der Waals surface area contributed by atoms with Gasteiger partial charge in [0.05, 0.1) is 0 Å². The lowest BCUT2D eigenvalue weighted by molar-refractivity contribution is -0.140. The number of hydrogen-bond acceptors (Lipinski definition) is 2. The fourth-order valence-electron chi connectivity index (χ4n) is 2.48. The standard InChI is InChI=1S/C19H30N2O2/c1-5-7-12-20-19(23)16(4)21(18(22)9-6-2)14-17-11-8-10-15(3)13-17/h8,10-11,13,16H,5-7,9,12,14H2,1-4H3,(H,20,23)/t16-/m1/s1. The molecule has 0 saturated carbocycles. The maximum atomic E-state index is 12.5. The van der Waals surface area contributed by atoms with Crippen molar-refractivity contribution in [3.63, 3.8) is 0 Å². The second kappa shape index (κ2) is 10.0. The fraction of sp³-hybridized carbons (Fsp3) is 0.579. The third-order valence-corrected chi connectivity index (χ3v) is 3.90. The molecule has 0 aliphatic rings. The van der Waals surface area contributed by atoms with E-state index in [0.717, 1.165) is 30.4 Å². The minimum atomic E-state index is -0.452. The first-order valence-electron chi connectivity index (χ1n) is 8.62. The number of amides is 2. The molecular weight excluding hydrogens is 288 g/mol. The topological polar surface area (TPSA) is 49.4 Å². The van der Waals surface area contributed by atoms with Gasteiger partial charge in [-0.25, -0.2) is 0 Å². The smallest absolute Gasteiger partial charge is 0.242 e. The van der Waals surface area contributed by atoms with E-state index in [2.05, 4.69) is 18.3 Å². The lowest BCUT2D eigenvalue weighted by Crippen LogP contribution is -2.47. The van der Waals surface area contributed by atoms with Gasteiger partial charge in [0.15, 0.2) is 0 Å². The van der Waals surface area contributed by atoms with Gasteiger partial charge < -0.3 is 10.2 Å². The molecule has 0 heterocycles. The zero-order chi connectivity index (χ0) is 17.2. The summed E-state index contributed by atoms with van der Waals surface area (Å²) in [6, 6.07) is 7.63. The Labute approximate surface area is 140 Å². The van der Waals surface area contributed by atoms with Crippen molar-refractivity contribution in [2.45, 2.75) is 66.0 Å². The average Bonchev–Trinajstić information content (AvgIpc) is 2.52. The van der Waals surface area contributed by atoms with Gasteiger partial charge in [-0.1, -0.05) is 50.1 Å². The lowest BCUT2D eigenvalue weighted by atomic mass is 10.1. The van der Waals surface area contributed by atoms with Crippen molar-refractivity contribution in [3.8, 4) is 0 Å². The van der Waals surface area contributed by atoms with Gasteiger partial charge >= 0.3 is 0 Å². The van der Waals surface area contributed by atoms with E-state index in [1.807, 2.05) is 39.0 Å². The molecule has 0 aliphatic heterocycles. The molecule has 2 amide bonds. The summed E-state index contributed by atoms with van der Waals surface area (Å²) < 4.78 is 0. The molecule has 1 atom stereocenters. The quantitative estimate of drug-likeness (QED) is 0.709. The Balaban J connectivity index is 2.82. The van der Waals surface area contributed by atoms with Crippen molar-refractivity contribution in [3.05, 3.63) is 35.4 Å². The molecule has 0 aliphatic carbocycles. The molecule has 1 rings (SSSR count). The Morgan fingerprint density at radius 1 is 1.22 bits per heavy atom. The van der Waals surface area contributed by atoms with Crippen molar-refractivity contribution in [1.82, 2.24) is 10.2 Å². The van der Waals surface area contributed by atoms with Crippen LogP contribution in [0.25, 0.3) is 0 Å². The van der Waals surface area contributed by atoms with Crippen molar-refractivity contribution in [2.24, 2.45) is 0 Å². The third-order valence-electron chi connectivity index (χ3n) is 3.90. The number of nitrogens with zero attached hydrogens (tertiary/aromatic N) is 1.